The van der Waals surface area contributed by atoms with E-state index in [1.54, 1.807) is 0 Å². The van der Waals surface area contributed by atoms with Gasteiger partial charge in [-0.3, -0.25) is 4.79 Å². The van der Waals surface area contributed by atoms with Crippen molar-refractivity contribution < 1.29 is 4.79 Å². The Morgan fingerprint density at radius 2 is 2.24 bits per heavy atom. The van der Waals surface area contributed by atoms with Crippen molar-refractivity contribution in [1.82, 2.24) is 15.2 Å². The predicted molar refractivity (Wildman–Crippen MR) is 69.7 cm³/mol. The van der Waals surface area contributed by atoms with Gasteiger partial charge in [-0.05, 0) is 32.5 Å². The van der Waals surface area contributed by atoms with E-state index in [2.05, 4.69) is 28.2 Å². The van der Waals surface area contributed by atoms with Crippen molar-refractivity contribution in [2.45, 2.75) is 46.3 Å². The van der Waals surface area contributed by atoms with Gasteiger partial charge in [-0.15, -0.1) is 0 Å². The number of amides is 1. The minimum Gasteiger partial charge on any atom is -0.354 e. The molecule has 0 aliphatic rings. The molecule has 96 valence electrons. The van der Waals surface area contributed by atoms with Crippen molar-refractivity contribution in [3.05, 3.63) is 24.0 Å². The number of hydrogen-bond donors (Lipinski definition) is 2. The molecule has 0 saturated carbocycles. The van der Waals surface area contributed by atoms with E-state index in [0.717, 1.165) is 19.6 Å². The van der Waals surface area contributed by atoms with Crippen LogP contribution >= 0.6 is 0 Å². The largest absolute Gasteiger partial charge is 0.354 e. The molecule has 0 aliphatic heterocycles. The summed E-state index contributed by atoms with van der Waals surface area (Å²) in [7, 11) is 0. The summed E-state index contributed by atoms with van der Waals surface area (Å²) in [4.78, 5) is 11.5. The highest BCUT2D eigenvalue weighted by atomic mass is 16.1. The van der Waals surface area contributed by atoms with Crippen LogP contribution in [0.15, 0.2) is 18.3 Å². The van der Waals surface area contributed by atoms with E-state index in [1.807, 2.05) is 26.1 Å². The SMILES string of the molecule is CCNCc1cccn1CCC(=O)NC(C)C. The summed E-state index contributed by atoms with van der Waals surface area (Å²) >= 11 is 0. The Morgan fingerprint density at radius 1 is 1.47 bits per heavy atom. The van der Waals surface area contributed by atoms with Crippen LogP contribution in [0.5, 0.6) is 0 Å². The third-order valence-corrected chi connectivity index (χ3v) is 2.51. The van der Waals surface area contributed by atoms with Gasteiger partial charge in [0.1, 0.15) is 0 Å². The second kappa shape index (κ2) is 7.12. The summed E-state index contributed by atoms with van der Waals surface area (Å²) in [5, 5.41) is 6.19. The Labute approximate surface area is 103 Å². The Morgan fingerprint density at radius 3 is 2.88 bits per heavy atom. The van der Waals surface area contributed by atoms with Crippen LogP contribution in [-0.2, 0) is 17.9 Å². The summed E-state index contributed by atoms with van der Waals surface area (Å²) < 4.78 is 2.13. The maximum absolute atomic E-state index is 11.5. The standard InChI is InChI=1S/C13H23N3O/c1-4-14-10-12-6-5-8-16(12)9-7-13(17)15-11(2)3/h5-6,8,11,14H,4,7,9-10H2,1-3H3,(H,15,17). The van der Waals surface area contributed by atoms with E-state index in [0.29, 0.717) is 6.42 Å². The number of nitrogens with zero attached hydrogens (tertiary/aromatic N) is 1. The van der Waals surface area contributed by atoms with E-state index in [1.165, 1.54) is 5.69 Å². The van der Waals surface area contributed by atoms with Crippen molar-refractivity contribution in [2.75, 3.05) is 6.54 Å². The average molecular weight is 237 g/mol. The smallest absolute Gasteiger partial charge is 0.221 e. The topological polar surface area (TPSA) is 46.1 Å². The zero-order valence-electron chi connectivity index (χ0n) is 11.0. The lowest BCUT2D eigenvalue weighted by Crippen LogP contribution is -2.30. The van der Waals surface area contributed by atoms with Crippen molar-refractivity contribution >= 4 is 5.91 Å². The number of aromatic nitrogens is 1. The van der Waals surface area contributed by atoms with E-state index >= 15 is 0 Å². The van der Waals surface area contributed by atoms with Crippen LogP contribution in [0, 0.1) is 0 Å². The molecule has 0 spiro atoms. The average Bonchev–Trinajstić information content (AvgIpc) is 2.70. The molecule has 0 aromatic carbocycles. The lowest BCUT2D eigenvalue weighted by molar-refractivity contribution is -0.121. The highest BCUT2D eigenvalue weighted by molar-refractivity contribution is 5.76. The fraction of sp³-hybridized carbons (Fsp3) is 0.615. The first kappa shape index (κ1) is 13.8. The monoisotopic (exact) mass is 237 g/mol. The van der Waals surface area contributed by atoms with Crippen LogP contribution in [0.2, 0.25) is 0 Å². The molecule has 0 unspecified atom stereocenters. The van der Waals surface area contributed by atoms with Crippen LogP contribution in [-0.4, -0.2) is 23.1 Å². The van der Waals surface area contributed by atoms with E-state index in [9.17, 15) is 4.79 Å². The van der Waals surface area contributed by atoms with Gasteiger partial charge in [0, 0.05) is 37.4 Å². The third kappa shape index (κ3) is 5.04. The molecular weight excluding hydrogens is 214 g/mol. The third-order valence-electron chi connectivity index (χ3n) is 2.51. The molecule has 1 rings (SSSR count). The summed E-state index contributed by atoms with van der Waals surface area (Å²) in [5.74, 6) is 0.114. The maximum atomic E-state index is 11.5. The molecule has 4 heteroatoms. The Kier molecular flexibility index (Phi) is 5.77. The van der Waals surface area contributed by atoms with Gasteiger partial charge >= 0.3 is 0 Å². The van der Waals surface area contributed by atoms with E-state index in [-0.39, 0.29) is 11.9 Å². The first-order valence-corrected chi connectivity index (χ1v) is 6.27. The first-order chi connectivity index (χ1) is 8.13. The van der Waals surface area contributed by atoms with Crippen LogP contribution in [0.3, 0.4) is 0 Å². The van der Waals surface area contributed by atoms with Crippen LogP contribution in [0.4, 0.5) is 0 Å². The molecule has 0 atom stereocenters. The van der Waals surface area contributed by atoms with Crippen molar-refractivity contribution in [3.63, 3.8) is 0 Å². The number of rotatable bonds is 7. The molecule has 1 aromatic rings. The quantitative estimate of drug-likeness (QED) is 0.755. The van der Waals surface area contributed by atoms with E-state index in [4.69, 9.17) is 0 Å². The highest BCUT2D eigenvalue weighted by Gasteiger charge is 2.05. The zero-order valence-corrected chi connectivity index (χ0v) is 11.0. The molecule has 0 aliphatic carbocycles. The van der Waals surface area contributed by atoms with Gasteiger partial charge < -0.3 is 15.2 Å². The molecule has 0 radical (unpaired) electrons. The summed E-state index contributed by atoms with van der Waals surface area (Å²) in [6.07, 6.45) is 2.56. The van der Waals surface area contributed by atoms with Gasteiger partial charge in [-0.2, -0.15) is 0 Å². The van der Waals surface area contributed by atoms with E-state index < -0.39 is 0 Å². The second-order valence-electron chi connectivity index (χ2n) is 4.45. The van der Waals surface area contributed by atoms with Crippen LogP contribution in [0.25, 0.3) is 0 Å². The fourth-order valence-electron chi connectivity index (χ4n) is 1.70. The molecule has 1 heterocycles. The van der Waals surface area contributed by atoms with Gasteiger partial charge in [0.25, 0.3) is 0 Å². The number of nitrogens with one attached hydrogen (secondary N) is 2. The minimum atomic E-state index is 0.114. The number of hydrogen-bond acceptors (Lipinski definition) is 2. The molecule has 17 heavy (non-hydrogen) atoms. The van der Waals surface area contributed by atoms with Gasteiger partial charge in [0.2, 0.25) is 5.91 Å². The first-order valence-electron chi connectivity index (χ1n) is 6.27. The number of carbonyl (C=O) groups excluding carboxylic acids is 1. The Balaban J connectivity index is 2.40. The van der Waals surface area contributed by atoms with Gasteiger partial charge in [-0.25, -0.2) is 0 Å². The molecule has 2 N–H and O–H groups in total. The zero-order chi connectivity index (χ0) is 12.7. The minimum absolute atomic E-state index is 0.114. The Bertz CT molecular complexity index is 344. The van der Waals surface area contributed by atoms with Crippen molar-refractivity contribution in [2.24, 2.45) is 0 Å². The number of carbonyl (C=O) groups is 1. The molecule has 0 saturated heterocycles. The van der Waals surface area contributed by atoms with Crippen molar-refractivity contribution in [1.29, 1.82) is 0 Å². The Hall–Kier alpha value is -1.29. The summed E-state index contributed by atoms with van der Waals surface area (Å²) in [6.45, 7) is 8.60. The van der Waals surface area contributed by atoms with Gasteiger partial charge in [-0.1, -0.05) is 6.92 Å². The van der Waals surface area contributed by atoms with Gasteiger partial charge in [0.15, 0.2) is 0 Å². The highest BCUT2D eigenvalue weighted by Crippen LogP contribution is 2.03. The lowest BCUT2D eigenvalue weighted by Gasteiger charge is -2.11. The second-order valence-corrected chi connectivity index (χ2v) is 4.45. The van der Waals surface area contributed by atoms with Crippen molar-refractivity contribution in [3.8, 4) is 0 Å². The number of aryl methyl sites for hydroxylation is 1. The van der Waals surface area contributed by atoms with Crippen LogP contribution in [0.1, 0.15) is 32.9 Å². The fourth-order valence-corrected chi connectivity index (χ4v) is 1.70. The maximum Gasteiger partial charge on any atom is 0.221 e. The van der Waals surface area contributed by atoms with Gasteiger partial charge in [0.05, 0.1) is 0 Å². The normalized spacial score (nSPS) is 10.8. The molecule has 0 fully saturated rings. The summed E-state index contributed by atoms with van der Waals surface area (Å²) in [6, 6.07) is 4.32. The molecule has 1 amide bonds. The molecule has 1 aromatic heterocycles. The molecule has 4 nitrogen and oxygen atoms in total. The van der Waals surface area contributed by atoms with Crippen LogP contribution < -0.4 is 10.6 Å². The predicted octanol–water partition coefficient (Wildman–Crippen LogP) is 1.51. The molecule has 0 bridgehead atoms. The lowest BCUT2D eigenvalue weighted by atomic mass is 10.3. The summed E-state index contributed by atoms with van der Waals surface area (Å²) in [5.41, 5.74) is 1.23. The molecular formula is C13H23N3O.